The zero-order valence-corrected chi connectivity index (χ0v) is 19.6. The second kappa shape index (κ2) is 8.85. The number of hydrogen-bond acceptors (Lipinski definition) is 5. The number of Topliss-reactive ketones (excluding diaryl/α,β-unsaturated/α-hetero) is 1. The molecule has 0 bridgehead atoms. The Morgan fingerprint density at radius 1 is 1.20 bits per heavy atom. The first-order valence-corrected chi connectivity index (χ1v) is 11.0. The number of benzene rings is 2. The third kappa shape index (κ3) is 4.41. The fourth-order valence-electron chi connectivity index (χ4n) is 4.00. The van der Waals surface area contributed by atoms with Crippen LogP contribution >= 0.6 is 12.2 Å². The number of carbonyl (C=O) groups excluding carboxylic acids is 2. The lowest BCUT2D eigenvalue weighted by Crippen LogP contribution is -2.44. The highest BCUT2D eigenvalue weighted by Gasteiger charge is 2.49. The zero-order chi connectivity index (χ0) is 25.5. The number of rotatable bonds is 6. The van der Waals surface area contributed by atoms with Gasteiger partial charge in [-0.15, -0.1) is 0 Å². The summed E-state index contributed by atoms with van der Waals surface area (Å²) in [7, 11) is 0. The average molecular weight is 504 g/mol. The molecule has 1 saturated heterocycles. The van der Waals surface area contributed by atoms with E-state index in [2.05, 4.69) is 4.85 Å². The highest BCUT2D eigenvalue weighted by molar-refractivity contribution is 7.80. The molecule has 182 valence electrons. The molecule has 0 aromatic heterocycles. The first-order valence-electron chi connectivity index (χ1n) is 10.6. The number of halogens is 3. The summed E-state index contributed by atoms with van der Waals surface area (Å²) in [5.41, 5.74) is -2.29. The molecule has 7 nitrogen and oxygen atoms in total. The van der Waals surface area contributed by atoms with Crippen molar-refractivity contribution in [3.8, 4) is 11.5 Å². The maximum atomic E-state index is 13.4. The lowest BCUT2D eigenvalue weighted by Gasteiger charge is -2.29. The number of amides is 1. The van der Waals surface area contributed by atoms with Gasteiger partial charge in [-0.2, -0.15) is 13.2 Å². The van der Waals surface area contributed by atoms with Crippen LogP contribution in [-0.4, -0.2) is 47.0 Å². The van der Waals surface area contributed by atoms with Crippen molar-refractivity contribution in [1.82, 2.24) is 4.90 Å². The number of carbonyl (C=O) groups is 2. The molecule has 0 spiro atoms. The average Bonchev–Trinajstić information content (AvgIpc) is 3.25. The maximum absolute atomic E-state index is 13.4. The quantitative estimate of drug-likeness (QED) is 0.314. The van der Waals surface area contributed by atoms with Crippen LogP contribution in [0.3, 0.4) is 0 Å². The van der Waals surface area contributed by atoms with E-state index in [0.717, 1.165) is 17.0 Å². The van der Waals surface area contributed by atoms with Crippen molar-refractivity contribution < 1.29 is 32.2 Å². The molecule has 0 radical (unpaired) electrons. The first-order chi connectivity index (χ1) is 16.4. The molecule has 2 aromatic carbocycles. The second-order valence-electron chi connectivity index (χ2n) is 8.52. The van der Waals surface area contributed by atoms with Gasteiger partial charge in [-0.05, 0) is 56.8 Å². The molecule has 1 amide bonds. The number of ether oxygens (including phenoxy) is 2. The number of alkyl halides is 3. The van der Waals surface area contributed by atoms with Gasteiger partial charge in [0.2, 0.25) is 5.78 Å². The van der Waals surface area contributed by atoms with Crippen LogP contribution in [0.25, 0.3) is 4.85 Å². The molecule has 0 saturated carbocycles. The normalized spacial score (nSPS) is 16.9. The van der Waals surface area contributed by atoms with Crippen LogP contribution in [0.2, 0.25) is 0 Å². The lowest BCUT2D eigenvalue weighted by atomic mass is 10.0. The molecule has 2 aliphatic rings. The number of nitrogens with zero attached hydrogens (tertiary/aromatic N) is 3. The molecule has 2 aliphatic heterocycles. The van der Waals surface area contributed by atoms with Gasteiger partial charge >= 0.3 is 6.18 Å². The zero-order valence-electron chi connectivity index (χ0n) is 18.8. The van der Waals surface area contributed by atoms with Gasteiger partial charge in [0.15, 0.2) is 17.4 Å². The van der Waals surface area contributed by atoms with E-state index in [9.17, 15) is 22.8 Å². The minimum atomic E-state index is -4.75. The van der Waals surface area contributed by atoms with E-state index in [4.69, 9.17) is 28.3 Å². The van der Waals surface area contributed by atoms with Crippen molar-refractivity contribution in [3.63, 3.8) is 0 Å². The van der Waals surface area contributed by atoms with E-state index >= 15 is 0 Å². The number of hydrogen-bond donors (Lipinski definition) is 0. The Morgan fingerprint density at radius 3 is 2.63 bits per heavy atom. The number of fused-ring (bicyclic) bond motifs is 1. The SMILES string of the molecule is [C-]#[N+]c1ccc(N2C(=O)C(C)(C)N(CCCOc3ccc4c(c3)OCC4=O)C2=S)cc1C(F)(F)F. The highest BCUT2D eigenvalue weighted by atomic mass is 32.1. The van der Waals surface area contributed by atoms with Crippen LogP contribution in [0.15, 0.2) is 36.4 Å². The Balaban J connectivity index is 1.46. The standard InChI is InChI=1S/C24H20F3N3O4S/c1-23(2)21(32)30(14-5-8-18(28-3)17(11-14)24(25,26)27)22(35)29(23)9-4-10-33-15-6-7-16-19(31)13-34-20(16)12-15/h5-8,11-12H,4,9-10,13H2,1-2H3. The number of thiocarbonyl (C=S) groups is 1. The van der Waals surface area contributed by atoms with Gasteiger partial charge in [-0.3, -0.25) is 14.5 Å². The molecular weight excluding hydrogens is 483 g/mol. The monoisotopic (exact) mass is 503 g/mol. The summed E-state index contributed by atoms with van der Waals surface area (Å²) in [6.07, 6.45) is -4.28. The molecule has 2 heterocycles. The van der Waals surface area contributed by atoms with Gasteiger partial charge in [0.05, 0.1) is 24.3 Å². The van der Waals surface area contributed by atoms with Crippen LogP contribution in [0.5, 0.6) is 11.5 Å². The topological polar surface area (TPSA) is 63.4 Å². The maximum Gasteiger partial charge on any atom is 0.407 e. The smallest absolute Gasteiger partial charge is 0.407 e. The minimum Gasteiger partial charge on any atom is -0.493 e. The third-order valence-corrected chi connectivity index (χ3v) is 6.30. The fourth-order valence-corrected chi connectivity index (χ4v) is 4.51. The Labute approximate surface area is 204 Å². The van der Waals surface area contributed by atoms with Gasteiger partial charge in [-0.1, -0.05) is 6.07 Å². The van der Waals surface area contributed by atoms with Crippen molar-refractivity contribution >= 4 is 40.4 Å². The van der Waals surface area contributed by atoms with Crippen LogP contribution in [-0.2, 0) is 11.0 Å². The molecule has 0 N–H and O–H groups in total. The molecule has 2 aromatic rings. The van der Waals surface area contributed by atoms with E-state index in [1.54, 1.807) is 36.9 Å². The van der Waals surface area contributed by atoms with Crippen LogP contribution in [0, 0.1) is 6.57 Å². The third-order valence-electron chi connectivity index (χ3n) is 5.89. The van der Waals surface area contributed by atoms with Gasteiger partial charge in [0.1, 0.15) is 17.0 Å². The molecular formula is C24H20F3N3O4S. The summed E-state index contributed by atoms with van der Waals surface area (Å²) >= 11 is 5.48. The van der Waals surface area contributed by atoms with Gasteiger partial charge < -0.3 is 14.4 Å². The molecule has 1 fully saturated rings. The summed E-state index contributed by atoms with van der Waals surface area (Å²) < 4.78 is 51.3. The van der Waals surface area contributed by atoms with E-state index in [1.165, 1.54) is 6.07 Å². The van der Waals surface area contributed by atoms with Crippen molar-refractivity contribution in [1.29, 1.82) is 0 Å². The van der Waals surface area contributed by atoms with Crippen molar-refractivity contribution in [2.24, 2.45) is 0 Å². The summed E-state index contributed by atoms with van der Waals surface area (Å²) in [5, 5.41) is 0.0770. The predicted molar refractivity (Wildman–Crippen MR) is 125 cm³/mol. The van der Waals surface area contributed by atoms with Crippen LogP contribution in [0.4, 0.5) is 24.5 Å². The largest absolute Gasteiger partial charge is 0.493 e. The Hall–Kier alpha value is -3.65. The molecule has 0 atom stereocenters. The van der Waals surface area contributed by atoms with Gasteiger partial charge in [-0.25, -0.2) is 4.85 Å². The van der Waals surface area contributed by atoms with E-state index in [-0.39, 0.29) is 29.8 Å². The van der Waals surface area contributed by atoms with Crippen LogP contribution in [0.1, 0.15) is 36.2 Å². The van der Waals surface area contributed by atoms with Gasteiger partial charge in [0.25, 0.3) is 5.91 Å². The van der Waals surface area contributed by atoms with E-state index in [1.807, 2.05) is 0 Å². The molecule has 0 aliphatic carbocycles. The highest BCUT2D eigenvalue weighted by Crippen LogP contribution is 2.41. The fraction of sp³-hybridized carbons (Fsp3) is 0.333. The van der Waals surface area contributed by atoms with Crippen LogP contribution < -0.4 is 14.4 Å². The Morgan fingerprint density at radius 2 is 1.94 bits per heavy atom. The Kier molecular flexibility index (Phi) is 6.19. The second-order valence-corrected chi connectivity index (χ2v) is 8.88. The van der Waals surface area contributed by atoms with Crippen molar-refractivity contribution in [3.05, 3.63) is 58.9 Å². The van der Waals surface area contributed by atoms with Crippen molar-refractivity contribution in [2.75, 3.05) is 24.7 Å². The molecule has 0 unspecified atom stereocenters. The molecule has 4 rings (SSSR count). The molecule has 11 heteroatoms. The van der Waals surface area contributed by atoms with E-state index < -0.39 is 28.9 Å². The summed E-state index contributed by atoms with van der Waals surface area (Å²) in [6.45, 7) is 10.9. The Bertz CT molecular complexity index is 1270. The minimum absolute atomic E-state index is 0.00979. The summed E-state index contributed by atoms with van der Waals surface area (Å²) in [5.74, 6) is 0.446. The number of anilines is 1. The van der Waals surface area contributed by atoms with E-state index in [0.29, 0.717) is 30.0 Å². The first kappa shape index (κ1) is 24.5. The van der Waals surface area contributed by atoms with Gasteiger partial charge in [0, 0.05) is 18.3 Å². The number of ketones is 1. The summed E-state index contributed by atoms with van der Waals surface area (Å²) in [4.78, 5) is 30.4. The predicted octanol–water partition coefficient (Wildman–Crippen LogP) is 5.01. The summed E-state index contributed by atoms with van der Waals surface area (Å²) in [6, 6.07) is 8.06. The lowest BCUT2D eigenvalue weighted by molar-refractivity contribution is -0.136. The molecule has 35 heavy (non-hydrogen) atoms. The van der Waals surface area contributed by atoms with Crippen molar-refractivity contribution in [2.45, 2.75) is 32.0 Å².